The van der Waals surface area contributed by atoms with Crippen LogP contribution in [0.25, 0.3) is 4.13 Å². The van der Waals surface area contributed by atoms with Crippen molar-refractivity contribution >= 4 is 28.9 Å². The van der Waals surface area contributed by atoms with E-state index in [9.17, 15) is 43.2 Å². The van der Waals surface area contributed by atoms with Gasteiger partial charge < -0.3 is 21.9 Å². The Bertz CT molecular complexity index is 813. The third-order valence-corrected chi connectivity index (χ3v) is 11.3. The summed E-state index contributed by atoms with van der Waals surface area (Å²) in [6.07, 6.45) is 10.3. The fraction of sp³-hybridized carbons (Fsp3) is 1.00. The van der Waals surface area contributed by atoms with E-state index in [1.807, 2.05) is 0 Å². The number of rotatable bonds is 16. The van der Waals surface area contributed by atoms with Crippen molar-refractivity contribution in [3.05, 3.63) is 4.13 Å². The van der Waals surface area contributed by atoms with Crippen molar-refractivity contribution < 1.29 is 60.9 Å². The standard InChI is InChI=1S/C18H40NO3Si.C2F6NO4S2/c1-5-8-15-20-23(21-16-9-6-2,22-17-10-7-3)18-19(4)13-11-12-14-19;3-1(4,5)14(10,11)9-15(12,13)2(6,7)8/h5-18H2,1-4H3;/q+1;-1. The van der Waals surface area contributed by atoms with E-state index >= 15 is 0 Å². The van der Waals surface area contributed by atoms with Gasteiger partial charge in [-0.1, -0.05) is 40.0 Å². The summed E-state index contributed by atoms with van der Waals surface area (Å²) in [4.78, 5) is 0. The second-order valence-corrected chi connectivity index (χ2v) is 15.1. The molecule has 0 atom stereocenters. The molecule has 0 amide bonds. The molecule has 1 aliphatic heterocycles. The van der Waals surface area contributed by atoms with Crippen LogP contribution in [-0.2, 0) is 33.3 Å². The minimum absolute atomic E-state index is 0.778. The lowest BCUT2D eigenvalue weighted by molar-refractivity contribution is -0.890. The predicted molar refractivity (Wildman–Crippen MR) is 132 cm³/mol. The van der Waals surface area contributed by atoms with Crippen molar-refractivity contribution in [2.24, 2.45) is 0 Å². The van der Waals surface area contributed by atoms with Crippen LogP contribution in [0.4, 0.5) is 26.3 Å². The quantitative estimate of drug-likeness (QED) is 0.100. The zero-order valence-corrected chi connectivity index (χ0v) is 24.9. The minimum Gasteiger partial charge on any atom is -0.421 e. The summed E-state index contributed by atoms with van der Waals surface area (Å²) < 4.78 is 129. The summed E-state index contributed by atoms with van der Waals surface area (Å²) >= 11 is 0. The Balaban J connectivity index is 0.000000793. The molecule has 1 fully saturated rings. The number of unbranched alkanes of at least 4 members (excludes halogenated alkanes) is 3. The van der Waals surface area contributed by atoms with Gasteiger partial charge in [-0.2, -0.15) is 26.3 Å². The smallest absolute Gasteiger partial charge is 0.421 e. The molecule has 0 bridgehead atoms. The molecule has 230 valence electrons. The number of sulfonamides is 2. The monoisotopic (exact) mass is 626 g/mol. The van der Waals surface area contributed by atoms with E-state index in [1.54, 1.807) is 0 Å². The van der Waals surface area contributed by atoms with Gasteiger partial charge in [0.1, 0.15) is 6.17 Å². The van der Waals surface area contributed by atoms with Gasteiger partial charge in [-0.05, 0) is 19.3 Å². The second kappa shape index (κ2) is 16.1. The fourth-order valence-electron chi connectivity index (χ4n) is 3.32. The third kappa shape index (κ3) is 13.2. The molecule has 0 N–H and O–H groups in total. The van der Waals surface area contributed by atoms with Gasteiger partial charge in [-0.3, -0.25) is 0 Å². The Labute approximate surface area is 223 Å². The average molecular weight is 627 g/mol. The lowest BCUT2D eigenvalue weighted by atomic mass is 10.4. The van der Waals surface area contributed by atoms with E-state index in [0.717, 1.165) is 73.1 Å². The minimum atomic E-state index is -6.72. The van der Waals surface area contributed by atoms with Crippen molar-refractivity contribution in [2.45, 2.75) is 83.2 Å². The van der Waals surface area contributed by atoms with E-state index in [1.165, 1.54) is 25.9 Å². The highest BCUT2D eigenvalue weighted by molar-refractivity contribution is 8.13. The lowest BCUT2D eigenvalue weighted by Crippen LogP contribution is -2.61. The molecule has 0 aromatic carbocycles. The first-order valence-electron chi connectivity index (χ1n) is 12.4. The maximum absolute atomic E-state index is 11.4. The largest absolute Gasteiger partial charge is 0.559 e. The highest BCUT2D eigenvalue weighted by Crippen LogP contribution is 2.36. The SMILES string of the molecule is CCCCO[Si](C[N+]1(C)CCCC1)(OCCCC)OCCCC.O=S(=O)([N-]S(=O)(=O)C(F)(F)F)C(F)(F)F. The number of likely N-dealkylation sites (tertiary alicyclic amines) is 1. The maximum atomic E-state index is 11.4. The average Bonchev–Trinajstić information content (AvgIpc) is 3.18. The second-order valence-electron chi connectivity index (χ2n) is 9.14. The Kier molecular flexibility index (Phi) is 15.9. The summed E-state index contributed by atoms with van der Waals surface area (Å²) in [5.74, 6) is 0. The van der Waals surface area contributed by atoms with Gasteiger partial charge in [0.15, 0.2) is 20.0 Å². The van der Waals surface area contributed by atoms with Crippen LogP contribution in [-0.4, -0.2) is 87.3 Å². The zero-order valence-electron chi connectivity index (χ0n) is 22.2. The third-order valence-electron chi connectivity index (χ3n) is 5.46. The van der Waals surface area contributed by atoms with Crippen molar-refractivity contribution in [3.63, 3.8) is 0 Å². The van der Waals surface area contributed by atoms with E-state index in [4.69, 9.17) is 13.3 Å². The zero-order chi connectivity index (χ0) is 29.7. The number of nitrogens with zero attached hydrogens (tertiary/aromatic N) is 2. The molecular weight excluding hydrogens is 586 g/mol. The van der Waals surface area contributed by atoms with Gasteiger partial charge in [0, 0.05) is 32.7 Å². The molecule has 9 nitrogen and oxygen atoms in total. The van der Waals surface area contributed by atoms with E-state index in [2.05, 4.69) is 27.8 Å². The van der Waals surface area contributed by atoms with E-state index in [-0.39, 0.29) is 0 Å². The first-order valence-corrected chi connectivity index (χ1v) is 17.2. The van der Waals surface area contributed by atoms with E-state index in [0.29, 0.717) is 0 Å². The Morgan fingerprint density at radius 3 is 1.29 bits per heavy atom. The predicted octanol–water partition coefficient (Wildman–Crippen LogP) is 5.21. The Hall–Kier alpha value is -0.503. The van der Waals surface area contributed by atoms with Gasteiger partial charge in [-0.15, -0.1) is 0 Å². The summed E-state index contributed by atoms with van der Waals surface area (Å²) in [5, 5.41) is 0. The van der Waals surface area contributed by atoms with Crippen LogP contribution >= 0.6 is 0 Å². The molecule has 18 heteroatoms. The number of halogens is 6. The summed E-state index contributed by atoms with van der Waals surface area (Å²) in [6.45, 7) is 11.4. The van der Waals surface area contributed by atoms with Crippen LogP contribution in [0.3, 0.4) is 0 Å². The van der Waals surface area contributed by atoms with Gasteiger partial charge in [0.25, 0.3) is 0 Å². The van der Waals surface area contributed by atoms with Crippen molar-refractivity contribution in [3.8, 4) is 0 Å². The van der Waals surface area contributed by atoms with Crippen molar-refractivity contribution in [1.29, 1.82) is 0 Å². The number of quaternary nitrogens is 1. The molecule has 0 aromatic heterocycles. The summed E-state index contributed by atoms with van der Waals surface area (Å²) in [6, 6.07) is 0. The number of hydrogen-bond acceptors (Lipinski definition) is 7. The highest BCUT2D eigenvalue weighted by Gasteiger charge is 2.50. The fourth-order valence-corrected chi connectivity index (χ4v) is 8.17. The van der Waals surface area contributed by atoms with Crippen LogP contribution in [0.15, 0.2) is 0 Å². The molecule has 0 aliphatic carbocycles. The molecule has 0 unspecified atom stereocenters. The molecule has 38 heavy (non-hydrogen) atoms. The number of hydrogen-bond donors (Lipinski definition) is 0. The highest BCUT2D eigenvalue weighted by atomic mass is 32.3. The van der Waals surface area contributed by atoms with E-state index < -0.39 is 39.9 Å². The summed E-state index contributed by atoms with van der Waals surface area (Å²) in [7, 11) is -13.7. The van der Waals surface area contributed by atoms with Crippen LogP contribution < -0.4 is 0 Å². The van der Waals surface area contributed by atoms with Crippen LogP contribution in [0.2, 0.25) is 0 Å². The lowest BCUT2D eigenvalue weighted by Gasteiger charge is -2.37. The Morgan fingerprint density at radius 2 is 1.03 bits per heavy atom. The van der Waals surface area contributed by atoms with Gasteiger partial charge in [-0.25, -0.2) is 16.8 Å². The van der Waals surface area contributed by atoms with Crippen molar-refractivity contribution in [1.82, 2.24) is 0 Å². The van der Waals surface area contributed by atoms with Crippen LogP contribution in [0.5, 0.6) is 0 Å². The molecule has 1 heterocycles. The first kappa shape index (κ1) is 37.5. The molecule has 0 saturated carbocycles. The molecule has 1 saturated heterocycles. The molecule has 1 rings (SSSR count). The maximum Gasteiger partial charge on any atom is 0.559 e. The topological polar surface area (TPSA) is 110 Å². The Morgan fingerprint density at radius 1 is 0.711 bits per heavy atom. The van der Waals surface area contributed by atoms with Crippen LogP contribution in [0.1, 0.15) is 72.1 Å². The molecule has 1 aliphatic rings. The molecule has 0 radical (unpaired) electrons. The first-order chi connectivity index (χ1) is 17.3. The van der Waals surface area contributed by atoms with Crippen molar-refractivity contribution in [2.75, 3.05) is 46.1 Å². The van der Waals surface area contributed by atoms with Gasteiger partial charge in [0.2, 0.25) is 0 Å². The van der Waals surface area contributed by atoms with Gasteiger partial charge >= 0.3 is 19.8 Å². The van der Waals surface area contributed by atoms with Crippen LogP contribution in [0, 0.1) is 0 Å². The molecule has 0 aromatic rings. The van der Waals surface area contributed by atoms with Gasteiger partial charge in [0.05, 0.1) is 20.1 Å². The molecule has 0 spiro atoms. The normalized spacial score (nSPS) is 16.8. The molecular formula is C20H40F6N2O7S2Si. The summed E-state index contributed by atoms with van der Waals surface area (Å²) in [5.41, 5.74) is -12.4. The number of alkyl halides is 6.